The number of aliphatic hydroxyl groups is 1. The highest BCUT2D eigenvalue weighted by Gasteiger charge is 2.50. The number of nitrogens with one attached hydrogen (secondary N) is 1. The van der Waals surface area contributed by atoms with Crippen LogP contribution in [0.1, 0.15) is 26.3 Å². The van der Waals surface area contributed by atoms with E-state index in [2.05, 4.69) is 55.5 Å². The highest BCUT2D eigenvalue weighted by atomic mass is 28.4. The molecule has 0 saturated carbocycles. The van der Waals surface area contributed by atoms with Gasteiger partial charge in [-0.25, -0.2) is 4.79 Å². The van der Waals surface area contributed by atoms with Gasteiger partial charge in [0.05, 0.1) is 25.3 Å². The van der Waals surface area contributed by atoms with Gasteiger partial charge in [-0.2, -0.15) is 5.10 Å². The third-order valence-electron chi connectivity index (χ3n) is 6.81. The predicted octanol–water partition coefficient (Wildman–Crippen LogP) is 4.12. The van der Waals surface area contributed by atoms with Gasteiger partial charge in [0.15, 0.2) is 0 Å². The largest absolute Gasteiger partial charge is 0.445 e. The lowest BCUT2D eigenvalue weighted by molar-refractivity contribution is 0.0563. The molecule has 0 saturated heterocycles. The summed E-state index contributed by atoms with van der Waals surface area (Å²) in [6, 6.07) is 31.1. The standard InChI is InChI=1S/C31H37N3O4Si/c1-31(2,3)39(26-16-9-5-10-17-26,27-18-11-6-12-19-27)38-24-29(35)28(22-34-21-13-20-32-34)33-30(36)37-23-25-14-7-4-8-15-25/h4-21,28-29,35H,22-24H2,1-3H3,(H,33,36)/t28-,29-/m1/s1. The maximum Gasteiger partial charge on any atom is 0.407 e. The molecule has 2 N–H and O–H groups in total. The fourth-order valence-corrected chi connectivity index (χ4v) is 9.45. The first kappa shape index (κ1) is 28.3. The fourth-order valence-electron chi connectivity index (χ4n) is 4.88. The molecule has 0 aliphatic heterocycles. The van der Waals surface area contributed by atoms with E-state index in [0.29, 0.717) is 0 Å². The molecule has 7 nitrogen and oxygen atoms in total. The quantitative estimate of drug-likeness (QED) is 0.278. The Labute approximate surface area is 231 Å². The second-order valence-corrected chi connectivity index (χ2v) is 14.9. The fraction of sp³-hybridized carbons (Fsp3) is 0.290. The number of nitrogens with zero attached hydrogens (tertiary/aromatic N) is 2. The van der Waals surface area contributed by atoms with Crippen molar-refractivity contribution in [1.82, 2.24) is 15.1 Å². The van der Waals surface area contributed by atoms with Crippen molar-refractivity contribution in [1.29, 1.82) is 0 Å². The second kappa shape index (κ2) is 12.9. The first-order chi connectivity index (χ1) is 18.8. The van der Waals surface area contributed by atoms with Gasteiger partial charge in [-0.1, -0.05) is 112 Å². The number of hydrogen-bond acceptors (Lipinski definition) is 5. The minimum atomic E-state index is -2.86. The molecule has 1 aromatic heterocycles. The number of amides is 1. The van der Waals surface area contributed by atoms with Crippen molar-refractivity contribution in [3.05, 3.63) is 115 Å². The van der Waals surface area contributed by atoms with Crippen molar-refractivity contribution >= 4 is 24.8 Å². The zero-order valence-corrected chi connectivity index (χ0v) is 23.7. The van der Waals surface area contributed by atoms with Crippen molar-refractivity contribution in [2.75, 3.05) is 6.61 Å². The van der Waals surface area contributed by atoms with Gasteiger partial charge >= 0.3 is 6.09 Å². The number of alkyl carbamates (subject to hydrolysis) is 1. The van der Waals surface area contributed by atoms with Crippen LogP contribution >= 0.6 is 0 Å². The van der Waals surface area contributed by atoms with E-state index in [1.807, 2.05) is 66.7 Å². The van der Waals surface area contributed by atoms with Crippen molar-refractivity contribution < 1.29 is 19.1 Å². The lowest BCUT2D eigenvalue weighted by atomic mass is 10.1. The highest BCUT2D eigenvalue weighted by molar-refractivity contribution is 6.99. The summed E-state index contributed by atoms with van der Waals surface area (Å²) in [5.41, 5.74) is 0.881. The molecular weight excluding hydrogens is 506 g/mol. The first-order valence-corrected chi connectivity index (χ1v) is 15.1. The molecule has 39 heavy (non-hydrogen) atoms. The minimum absolute atomic E-state index is 0.0260. The molecule has 0 bridgehead atoms. The zero-order chi connectivity index (χ0) is 27.7. The van der Waals surface area contributed by atoms with Crippen LogP contribution in [0.25, 0.3) is 0 Å². The van der Waals surface area contributed by atoms with Crippen molar-refractivity contribution in [2.45, 2.75) is 51.1 Å². The summed E-state index contributed by atoms with van der Waals surface area (Å²) >= 11 is 0. The van der Waals surface area contributed by atoms with Crippen LogP contribution in [0.5, 0.6) is 0 Å². The Morgan fingerprint density at radius 1 is 0.923 bits per heavy atom. The lowest BCUT2D eigenvalue weighted by Gasteiger charge is -2.43. The van der Waals surface area contributed by atoms with Crippen LogP contribution in [0.3, 0.4) is 0 Å². The summed E-state index contributed by atoms with van der Waals surface area (Å²) in [5.74, 6) is 0. The van der Waals surface area contributed by atoms with Gasteiger partial charge in [-0.15, -0.1) is 0 Å². The van der Waals surface area contributed by atoms with Crippen LogP contribution in [0.2, 0.25) is 5.04 Å². The highest BCUT2D eigenvalue weighted by Crippen LogP contribution is 2.36. The zero-order valence-electron chi connectivity index (χ0n) is 22.7. The molecule has 4 aromatic rings. The van der Waals surface area contributed by atoms with Crippen LogP contribution in [-0.2, 0) is 22.3 Å². The Morgan fingerprint density at radius 2 is 1.49 bits per heavy atom. The SMILES string of the molecule is CC(C)(C)[Si](OC[C@@H](O)[C@@H](Cn1cccn1)NC(=O)OCc1ccccc1)(c1ccccc1)c1ccccc1. The van der Waals surface area contributed by atoms with Gasteiger partial charge in [0, 0.05) is 12.4 Å². The van der Waals surface area contributed by atoms with E-state index in [1.54, 1.807) is 23.1 Å². The van der Waals surface area contributed by atoms with Crippen LogP contribution in [0.4, 0.5) is 4.79 Å². The molecule has 204 valence electrons. The van der Waals surface area contributed by atoms with E-state index in [4.69, 9.17) is 9.16 Å². The summed E-state index contributed by atoms with van der Waals surface area (Å²) in [5, 5.41) is 20.6. The summed E-state index contributed by atoms with van der Waals surface area (Å²) in [7, 11) is -2.86. The average Bonchev–Trinajstić information content (AvgIpc) is 3.46. The van der Waals surface area contributed by atoms with E-state index in [-0.39, 0.29) is 24.8 Å². The number of carbonyl (C=O) groups is 1. The van der Waals surface area contributed by atoms with Gasteiger partial charge in [0.1, 0.15) is 6.61 Å². The van der Waals surface area contributed by atoms with Gasteiger partial charge in [0.2, 0.25) is 0 Å². The Kier molecular flexibility index (Phi) is 9.35. The van der Waals surface area contributed by atoms with Crippen molar-refractivity contribution in [2.24, 2.45) is 0 Å². The smallest absolute Gasteiger partial charge is 0.407 e. The van der Waals surface area contributed by atoms with E-state index in [0.717, 1.165) is 15.9 Å². The molecule has 8 heteroatoms. The van der Waals surface area contributed by atoms with E-state index in [1.165, 1.54) is 0 Å². The normalized spacial score (nSPS) is 13.4. The minimum Gasteiger partial charge on any atom is -0.445 e. The Hall–Kier alpha value is -3.72. The summed E-state index contributed by atoms with van der Waals surface area (Å²) in [6.45, 7) is 6.98. The topological polar surface area (TPSA) is 85.6 Å². The molecular formula is C31H37N3O4Si. The number of rotatable bonds is 11. The maximum atomic E-state index is 12.8. The lowest BCUT2D eigenvalue weighted by Crippen LogP contribution is -2.67. The molecule has 1 amide bonds. The number of aromatic nitrogens is 2. The monoisotopic (exact) mass is 543 g/mol. The summed E-state index contributed by atoms with van der Waals surface area (Å²) in [6.07, 6.45) is 1.83. The molecule has 2 atom stereocenters. The molecule has 0 spiro atoms. The van der Waals surface area contributed by atoms with E-state index < -0.39 is 26.6 Å². The van der Waals surface area contributed by atoms with Crippen molar-refractivity contribution in [3.8, 4) is 0 Å². The summed E-state index contributed by atoms with van der Waals surface area (Å²) in [4.78, 5) is 12.8. The van der Waals surface area contributed by atoms with Gasteiger partial charge in [0.25, 0.3) is 8.32 Å². The van der Waals surface area contributed by atoms with Crippen LogP contribution in [-0.4, -0.2) is 48.1 Å². The molecule has 0 aliphatic rings. The Morgan fingerprint density at radius 3 is 2.00 bits per heavy atom. The molecule has 0 unspecified atom stereocenters. The van der Waals surface area contributed by atoms with Gasteiger partial charge in [-0.05, 0) is 27.0 Å². The van der Waals surface area contributed by atoms with E-state index in [9.17, 15) is 9.90 Å². The first-order valence-electron chi connectivity index (χ1n) is 13.2. The number of carbonyl (C=O) groups excluding carboxylic acids is 1. The molecule has 0 radical (unpaired) electrons. The van der Waals surface area contributed by atoms with E-state index >= 15 is 0 Å². The van der Waals surface area contributed by atoms with Gasteiger partial charge < -0.3 is 19.6 Å². The molecule has 0 aliphatic carbocycles. The van der Waals surface area contributed by atoms with Crippen LogP contribution in [0, 0.1) is 0 Å². The number of aliphatic hydroxyl groups excluding tert-OH is 1. The molecule has 1 heterocycles. The van der Waals surface area contributed by atoms with Crippen LogP contribution < -0.4 is 15.7 Å². The molecule has 0 fully saturated rings. The number of hydrogen-bond donors (Lipinski definition) is 2. The third kappa shape index (κ3) is 7.03. The summed E-state index contributed by atoms with van der Waals surface area (Å²) < 4.78 is 14.0. The Balaban J connectivity index is 1.56. The molecule has 3 aromatic carbocycles. The molecule has 4 rings (SSSR count). The van der Waals surface area contributed by atoms with Crippen LogP contribution in [0.15, 0.2) is 109 Å². The number of ether oxygens (including phenoxy) is 1. The second-order valence-electron chi connectivity index (χ2n) is 10.6. The maximum absolute atomic E-state index is 12.8. The average molecular weight is 544 g/mol. The predicted molar refractivity (Wildman–Crippen MR) is 155 cm³/mol. The number of benzene rings is 3. The third-order valence-corrected chi connectivity index (χ3v) is 11.8. The Bertz CT molecular complexity index is 1240. The van der Waals surface area contributed by atoms with Gasteiger partial charge in [-0.3, -0.25) is 4.68 Å². The van der Waals surface area contributed by atoms with Crippen molar-refractivity contribution in [3.63, 3.8) is 0 Å².